The summed E-state index contributed by atoms with van der Waals surface area (Å²) in [6.07, 6.45) is 5.06. The highest BCUT2D eigenvalue weighted by molar-refractivity contribution is 9.10. The Morgan fingerprint density at radius 3 is 3.00 bits per heavy atom. The molecule has 0 unspecified atom stereocenters. The van der Waals surface area contributed by atoms with Gasteiger partial charge in [-0.1, -0.05) is 22.4 Å². The van der Waals surface area contributed by atoms with Gasteiger partial charge in [-0.05, 0) is 49.9 Å². The molecule has 1 amide bonds. The first kappa shape index (κ1) is 13.9. The zero-order valence-electron chi connectivity index (χ0n) is 11.9. The van der Waals surface area contributed by atoms with Crippen LogP contribution in [0.25, 0.3) is 0 Å². The smallest absolute Gasteiger partial charge is 0.223 e. The van der Waals surface area contributed by atoms with Crippen LogP contribution in [0.4, 0.5) is 5.69 Å². The van der Waals surface area contributed by atoms with Crippen molar-refractivity contribution in [2.24, 2.45) is 0 Å². The topological polar surface area (TPSA) is 32.3 Å². The van der Waals surface area contributed by atoms with Gasteiger partial charge >= 0.3 is 0 Å². The summed E-state index contributed by atoms with van der Waals surface area (Å²) in [5.41, 5.74) is 2.43. The summed E-state index contributed by atoms with van der Waals surface area (Å²) >= 11 is 3.56. The normalized spacial score (nSPS) is 26.7. The predicted molar refractivity (Wildman–Crippen MR) is 84.8 cm³/mol. The summed E-state index contributed by atoms with van der Waals surface area (Å²) in [4.78, 5) is 14.5. The molecule has 1 aromatic rings. The van der Waals surface area contributed by atoms with E-state index >= 15 is 0 Å². The number of likely N-dealkylation sites (tertiary alicyclic amines) is 1. The SMILES string of the molecule is C[C@@H]1C[C@H](N2CCCCCC2=O)c2cc(Br)ccc2N1. The highest BCUT2D eigenvalue weighted by Gasteiger charge is 2.32. The van der Waals surface area contributed by atoms with Crippen LogP contribution in [0.3, 0.4) is 0 Å². The minimum absolute atomic E-state index is 0.226. The van der Waals surface area contributed by atoms with Gasteiger partial charge in [0.2, 0.25) is 5.91 Å². The van der Waals surface area contributed by atoms with Crippen LogP contribution < -0.4 is 5.32 Å². The van der Waals surface area contributed by atoms with Crippen molar-refractivity contribution in [1.82, 2.24) is 4.90 Å². The summed E-state index contributed by atoms with van der Waals surface area (Å²) in [5.74, 6) is 0.326. The summed E-state index contributed by atoms with van der Waals surface area (Å²) in [6.45, 7) is 3.10. The van der Waals surface area contributed by atoms with E-state index in [1.807, 2.05) is 0 Å². The zero-order valence-corrected chi connectivity index (χ0v) is 13.4. The molecule has 1 N–H and O–H groups in total. The maximum Gasteiger partial charge on any atom is 0.223 e. The van der Waals surface area contributed by atoms with E-state index < -0.39 is 0 Å². The fourth-order valence-electron chi connectivity index (χ4n) is 3.36. The van der Waals surface area contributed by atoms with Crippen LogP contribution in [0.2, 0.25) is 0 Å². The van der Waals surface area contributed by atoms with Gasteiger partial charge in [-0.25, -0.2) is 0 Å². The second-order valence-corrected chi connectivity index (χ2v) is 6.84. The molecular formula is C16H21BrN2O. The number of carbonyl (C=O) groups is 1. The Labute approximate surface area is 128 Å². The number of anilines is 1. The van der Waals surface area contributed by atoms with Gasteiger partial charge in [-0.2, -0.15) is 0 Å². The summed E-state index contributed by atoms with van der Waals surface area (Å²) in [7, 11) is 0. The number of halogens is 1. The number of amides is 1. The molecule has 0 radical (unpaired) electrons. The molecule has 2 aliphatic rings. The number of carbonyl (C=O) groups excluding carboxylic acids is 1. The van der Waals surface area contributed by atoms with Crippen molar-refractivity contribution in [3.05, 3.63) is 28.2 Å². The lowest BCUT2D eigenvalue weighted by Crippen LogP contribution is -2.39. The quantitative estimate of drug-likeness (QED) is 0.837. The number of nitrogens with zero attached hydrogens (tertiary/aromatic N) is 1. The van der Waals surface area contributed by atoms with Crippen molar-refractivity contribution in [3.63, 3.8) is 0 Å². The number of nitrogens with one attached hydrogen (secondary N) is 1. The molecular weight excluding hydrogens is 316 g/mol. The molecule has 0 bridgehead atoms. The Hall–Kier alpha value is -1.03. The lowest BCUT2D eigenvalue weighted by molar-refractivity contribution is -0.133. The van der Waals surface area contributed by atoms with E-state index in [1.165, 1.54) is 17.7 Å². The van der Waals surface area contributed by atoms with Gasteiger partial charge in [0.15, 0.2) is 0 Å². The van der Waals surface area contributed by atoms with E-state index in [1.54, 1.807) is 0 Å². The molecule has 20 heavy (non-hydrogen) atoms. The minimum Gasteiger partial charge on any atom is -0.382 e. The molecule has 1 fully saturated rings. The van der Waals surface area contributed by atoms with Gasteiger partial charge in [0.1, 0.15) is 0 Å². The lowest BCUT2D eigenvalue weighted by Gasteiger charge is -2.38. The standard InChI is InChI=1S/C16H21BrN2O/c1-11-9-15(19-8-4-2-3-5-16(19)20)13-10-12(17)6-7-14(13)18-11/h6-7,10-11,15,18H,2-5,8-9H2,1H3/t11-,15+/m1/s1. The van der Waals surface area contributed by atoms with Gasteiger partial charge < -0.3 is 10.2 Å². The van der Waals surface area contributed by atoms with Gasteiger partial charge in [-0.3, -0.25) is 4.79 Å². The van der Waals surface area contributed by atoms with Gasteiger partial charge in [-0.15, -0.1) is 0 Å². The molecule has 1 saturated heterocycles. The van der Waals surface area contributed by atoms with Crippen LogP contribution in [-0.2, 0) is 4.79 Å². The number of benzene rings is 1. The van der Waals surface area contributed by atoms with E-state index in [9.17, 15) is 4.79 Å². The fourth-order valence-corrected chi connectivity index (χ4v) is 3.73. The first-order valence-corrected chi connectivity index (χ1v) is 8.30. The number of hydrogen-bond acceptors (Lipinski definition) is 2. The number of hydrogen-bond donors (Lipinski definition) is 1. The van der Waals surface area contributed by atoms with Gasteiger partial charge in [0, 0.05) is 29.2 Å². The average Bonchev–Trinajstić information content (AvgIpc) is 2.63. The van der Waals surface area contributed by atoms with Crippen LogP contribution >= 0.6 is 15.9 Å². The second-order valence-electron chi connectivity index (χ2n) is 5.93. The summed E-state index contributed by atoms with van der Waals surface area (Å²) in [6, 6.07) is 6.97. The summed E-state index contributed by atoms with van der Waals surface area (Å²) in [5, 5.41) is 3.53. The van der Waals surface area contributed by atoms with Crippen molar-refractivity contribution >= 4 is 27.5 Å². The molecule has 2 heterocycles. The summed E-state index contributed by atoms with van der Waals surface area (Å²) < 4.78 is 1.08. The van der Waals surface area contributed by atoms with Crippen molar-refractivity contribution in [2.75, 3.05) is 11.9 Å². The van der Waals surface area contributed by atoms with E-state index in [4.69, 9.17) is 0 Å². The molecule has 3 nitrogen and oxygen atoms in total. The molecule has 3 rings (SSSR count). The molecule has 2 atom stereocenters. The largest absolute Gasteiger partial charge is 0.382 e. The third-order valence-corrected chi connectivity index (χ3v) is 4.83. The van der Waals surface area contributed by atoms with E-state index in [0.717, 1.165) is 30.3 Å². The highest BCUT2D eigenvalue weighted by atomic mass is 79.9. The maximum atomic E-state index is 12.4. The number of rotatable bonds is 1. The zero-order chi connectivity index (χ0) is 14.1. The molecule has 1 aromatic carbocycles. The van der Waals surface area contributed by atoms with Crippen LogP contribution in [0, 0.1) is 0 Å². The first-order chi connectivity index (χ1) is 9.65. The predicted octanol–water partition coefficient (Wildman–Crippen LogP) is 4.10. The Morgan fingerprint density at radius 2 is 2.15 bits per heavy atom. The molecule has 0 aromatic heterocycles. The van der Waals surface area contributed by atoms with Gasteiger partial charge in [0.05, 0.1) is 6.04 Å². The van der Waals surface area contributed by atoms with Crippen molar-refractivity contribution < 1.29 is 4.79 Å². The molecule has 0 aliphatic carbocycles. The fraction of sp³-hybridized carbons (Fsp3) is 0.562. The molecule has 108 valence electrons. The van der Waals surface area contributed by atoms with Crippen LogP contribution in [0.1, 0.15) is 50.6 Å². The maximum absolute atomic E-state index is 12.4. The molecule has 2 aliphatic heterocycles. The second kappa shape index (κ2) is 5.76. The lowest BCUT2D eigenvalue weighted by atomic mass is 9.92. The molecule has 0 spiro atoms. The van der Waals surface area contributed by atoms with Gasteiger partial charge in [0.25, 0.3) is 0 Å². The Bertz CT molecular complexity index is 517. The van der Waals surface area contributed by atoms with Crippen molar-refractivity contribution in [1.29, 1.82) is 0 Å². The van der Waals surface area contributed by atoms with Crippen molar-refractivity contribution in [3.8, 4) is 0 Å². The van der Waals surface area contributed by atoms with Crippen LogP contribution in [0.15, 0.2) is 22.7 Å². The number of fused-ring (bicyclic) bond motifs is 1. The van der Waals surface area contributed by atoms with Crippen molar-refractivity contribution in [2.45, 2.75) is 51.1 Å². The van der Waals surface area contributed by atoms with E-state index in [0.29, 0.717) is 18.4 Å². The average molecular weight is 337 g/mol. The Balaban J connectivity index is 1.96. The van der Waals surface area contributed by atoms with Crippen LogP contribution in [-0.4, -0.2) is 23.4 Å². The molecule has 4 heteroatoms. The van der Waals surface area contributed by atoms with E-state index in [2.05, 4.69) is 51.3 Å². The molecule has 0 saturated carbocycles. The third kappa shape index (κ3) is 2.71. The Morgan fingerprint density at radius 1 is 1.30 bits per heavy atom. The Kier molecular flexibility index (Phi) is 4.01. The highest BCUT2D eigenvalue weighted by Crippen LogP contribution is 2.39. The minimum atomic E-state index is 0.226. The monoisotopic (exact) mass is 336 g/mol. The third-order valence-electron chi connectivity index (χ3n) is 4.34. The van der Waals surface area contributed by atoms with E-state index in [-0.39, 0.29) is 6.04 Å². The first-order valence-electron chi connectivity index (χ1n) is 7.50. The van der Waals surface area contributed by atoms with Crippen LogP contribution in [0.5, 0.6) is 0 Å².